The summed E-state index contributed by atoms with van der Waals surface area (Å²) in [6.45, 7) is 0.155. The van der Waals surface area contributed by atoms with Crippen molar-refractivity contribution in [2.24, 2.45) is 4.99 Å². The van der Waals surface area contributed by atoms with Crippen LogP contribution in [0.5, 0.6) is 0 Å². The Labute approximate surface area is 146 Å². The van der Waals surface area contributed by atoms with E-state index in [2.05, 4.69) is 31.7 Å². The molecule has 6 nitrogen and oxygen atoms in total. The van der Waals surface area contributed by atoms with Gasteiger partial charge in [0.05, 0.1) is 14.7 Å². The average molecular weight is 398 g/mol. The normalized spacial score (nSPS) is 12.7. The highest BCUT2D eigenvalue weighted by molar-refractivity contribution is 9.11. The highest BCUT2D eigenvalue weighted by Crippen LogP contribution is 2.22. The molecule has 1 unspecified atom stereocenters. The number of aliphatic imine (C=N–C) groups is 1. The van der Waals surface area contributed by atoms with Crippen molar-refractivity contribution in [2.75, 3.05) is 6.54 Å². The molecular weight excluding hydrogens is 382 g/mol. The number of nitrogens with zero attached hydrogens (tertiary/aromatic N) is 1. The van der Waals surface area contributed by atoms with E-state index in [-0.39, 0.29) is 12.6 Å². The Morgan fingerprint density at radius 3 is 2.57 bits per heavy atom. The van der Waals surface area contributed by atoms with Crippen LogP contribution in [0.3, 0.4) is 0 Å². The summed E-state index contributed by atoms with van der Waals surface area (Å²) in [5, 5.41) is 20.5. The van der Waals surface area contributed by atoms with Crippen LogP contribution < -0.4 is 10.8 Å². The number of nitrogens with one attached hydrogen (secondary N) is 2. The van der Waals surface area contributed by atoms with Gasteiger partial charge in [-0.05, 0) is 40.0 Å². The number of amidine groups is 1. The number of hydroxylamine groups is 1. The number of halogens is 1. The van der Waals surface area contributed by atoms with E-state index in [0.717, 1.165) is 14.2 Å². The Balaban J connectivity index is 2.20. The summed E-state index contributed by atoms with van der Waals surface area (Å²) in [5.74, 6) is 0.314. The van der Waals surface area contributed by atoms with Crippen molar-refractivity contribution in [1.82, 2.24) is 10.8 Å². The van der Waals surface area contributed by atoms with Gasteiger partial charge in [0, 0.05) is 6.54 Å². The minimum Gasteiger partial charge on any atom is -0.465 e. The highest BCUT2D eigenvalue weighted by Gasteiger charge is 2.13. The molecule has 0 bridgehead atoms. The third-order valence-corrected chi connectivity index (χ3v) is 4.66. The molecule has 1 aromatic carbocycles. The lowest BCUT2D eigenvalue weighted by molar-refractivity contribution is 0.193. The molecule has 0 aliphatic heterocycles. The molecule has 2 rings (SSSR count). The second-order valence-corrected chi connectivity index (χ2v) is 7.19. The Bertz CT molecular complexity index is 676. The molecule has 0 aliphatic rings. The Morgan fingerprint density at radius 1 is 1.26 bits per heavy atom. The third-order valence-electron chi connectivity index (χ3n) is 3.03. The van der Waals surface area contributed by atoms with Crippen LogP contribution in [0.4, 0.5) is 4.79 Å². The molecule has 1 amide bonds. The van der Waals surface area contributed by atoms with E-state index in [1.54, 1.807) is 0 Å². The van der Waals surface area contributed by atoms with Gasteiger partial charge in [-0.2, -0.15) is 0 Å². The molecule has 0 saturated carbocycles. The van der Waals surface area contributed by atoms with Gasteiger partial charge in [0.25, 0.3) is 0 Å². The van der Waals surface area contributed by atoms with Crippen molar-refractivity contribution in [3.8, 4) is 0 Å². The molecule has 1 heterocycles. The van der Waals surface area contributed by atoms with Crippen molar-refractivity contribution >= 4 is 39.2 Å². The van der Waals surface area contributed by atoms with Crippen LogP contribution in [-0.2, 0) is 6.42 Å². The Kier molecular flexibility index (Phi) is 6.57. The SMILES string of the molecule is O=C(O)NCC(Cc1ccccc1)N=C(NO)c1ccc(Br)s1. The van der Waals surface area contributed by atoms with E-state index in [0.29, 0.717) is 12.3 Å². The van der Waals surface area contributed by atoms with Crippen LogP contribution >= 0.6 is 27.3 Å². The molecule has 0 aliphatic carbocycles. The number of carboxylic acid groups (broad SMARTS) is 1. The molecule has 0 fully saturated rings. The maximum absolute atomic E-state index is 10.8. The molecular formula is C15H16BrN3O3S. The van der Waals surface area contributed by atoms with Crippen LogP contribution in [0.1, 0.15) is 10.4 Å². The fourth-order valence-corrected chi connectivity index (χ4v) is 3.36. The van der Waals surface area contributed by atoms with Gasteiger partial charge in [0.2, 0.25) is 0 Å². The molecule has 1 atom stereocenters. The van der Waals surface area contributed by atoms with Crippen LogP contribution in [0.15, 0.2) is 51.2 Å². The summed E-state index contributed by atoms with van der Waals surface area (Å²) in [4.78, 5) is 16.0. The van der Waals surface area contributed by atoms with Crippen LogP contribution in [-0.4, -0.2) is 34.8 Å². The summed E-state index contributed by atoms with van der Waals surface area (Å²) in [5.41, 5.74) is 3.14. The molecule has 0 spiro atoms. The first-order chi connectivity index (χ1) is 11.1. The molecule has 1 aromatic heterocycles. The van der Waals surface area contributed by atoms with Gasteiger partial charge in [-0.3, -0.25) is 15.7 Å². The molecule has 0 radical (unpaired) electrons. The third kappa shape index (κ3) is 5.66. The maximum atomic E-state index is 10.8. The molecule has 0 saturated heterocycles. The summed E-state index contributed by atoms with van der Waals surface area (Å²) in [7, 11) is 0. The van der Waals surface area contributed by atoms with Crippen molar-refractivity contribution in [2.45, 2.75) is 12.5 Å². The zero-order valence-electron chi connectivity index (χ0n) is 12.1. The van der Waals surface area contributed by atoms with Crippen molar-refractivity contribution in [1.29, 1.82) is 0 Å². The summed E-state index contributed by atoms with van der Waals surface area (Å²) in [6, 6.07) is 13.0. The lowest BCUT2D eigenvalue weighted by atomic mass is 10.1. The smallest absolute Gasteiger partial charge is 0.404 e. The molecule has 122 valence electrons. The van der Waals surface area contributed by atoms with Gasteiger partial charge in [-0.15, -0.1) is 11.3 Å². The summed E-state index contributed by atoms with van der Waals surface area (Å²) < 4.78 is 0.915. The first kappa shape index (κ1) is 17.5. The quantitative estimate of drug-likeness (QED) is 0.342. The molecule has 23 heavy (non-hydrogen) atoms. The molecule has 2 aromatic rings. The van der Waals surface area contributed by atoms with E-state index in [1.807, 2.05) is 42.5 Å². The first-order valence-electron chi connectivity index (χ1n) is 6.83. The van der Waals surface area contributed by atoms with E-state index in [1.165, 1.54) is 11.3 Å². The minimum atomic E-state index is -1.10. The Morgan fingerprint density at radius 2 is 2.00 bits per heavy atom. The lowest BCUT2D eigenvalue weighted by Gasteiger charge is -2.14. The highest BCUT2D eigenvalue weighted by atomic mass is 79.9. The van der Waals surface area contributed by atoms with E-state index in [9.17, 15) is 10.0 Å². The second kappa shape index (κ2) is 8.66. The average Bonchev–Trinajstić information content (AvgIpc) is 2.97. The van der Waals surface area contributed by atoms with E-state index >= 15 is 0 Å². The van der Waals surface area contributed by atoms with E-state index in [4.69, 9.17) is 5.11 Å². The number of amides is 1. The number of carbonyl (C=O) groups is 1. The Hall–Kier alpha value is -1.90. The summed E-state index contributed by atoms with van der Waals surface area (Å²) >= 11 is 4.78. The van der Waals surface area contributed by atoms with Gasteiger partial charge < -0.3 is 10.4 Å². The monoisotopic (exact) mass is 397 g/mol. The zero-order valence-corrected chi connectivity index (χ0v) is 14.5. The predicted molar refractivity (Wildman–Crippen MR) is 93.4 cm³/mol. The number of rotatable bonds is 6. The summed E-state index contributed by atoms with van der Waals surface area (Å²) in [6.07, 6.45) is -0.547. The topological polar surface area (TPSA) is 94.0 Å². The second-order valence-electron chi connectivity index (χ2n) is 4.72. The largest absolute Gasteiger partial charge is 0.465 e. The van der Waals surface area contributed by atoms with Crippen LogP contribution in [0, 0.1) is 0 Å². The lowest BCUT2D eigenvalue weighted by Crippen LogP contribution is -2.33. The standard InChI is InChI=1S/C15H16BrN3O3S/c16-13-7-6-12(23-13)14(19-22)18-11(9-17-15(20)21)8-10-4-2-1-3-5-10/h1-7,11,17,22H,8-9H2,(H,18,19)(H,20,21). The van der Waals surface area contributed by atoms with Crippen molar-refractivity contribution in [3.05, 3.63) is 56.7 Å². The maximum Gasteiger partial charge on any atom is 0.404 e. The first-order valence-corrected chi connectivity index (χ1v) is 8.43. The number of thiophene rings is 1. The van der Waals surface area contributed by atoms with Crippen LogP contribution in [0.25, 0.3) is 0 Å². The van der Waals surface area contributed by atoms with Crippen LogP contribution in [0.2, 0.25) is 0 Å². The number of benzene rings is 1. The van der Waals surface area contributed by atoms with Gasteiger partial charge in [0.1, 0.15) is 0 Å². The fraction of sp³-hybridized carbons (Fsp3) is 0.200. The number of hydrogen-bond donors (Lipinski definition) is 4. The minimum absolute atomic E-state index is 0.155. The van der Waals surface area contributed by atoms with Crippen molar-refractivity contribution in [3.63, 3.8) is 0 Å². The fourth-order valence-electron chi connectivity index (χ4n) is 2.03. The van der Waals surface area contributed by atoms with E-state index < -0.39 is 6.09 Å². The zero-order chi connectivity index (χ0) is 16.7. The van der Waals surface area contributed by atoms with Gasteiger partial charge in [-0.1, -0.05) is 30.3 Å². The van der Waals surface area contributed by atoms with Gasteiger partial charge >= 0.3 is 6.09 Å². The van der Waals surface area contributed by atoms with Gasteiger partial charge in [0.15, 0.2) is 5.84 Å². The predicted octanol–water partition coefficient (Wildman–Crippen LogP) is 3.11. The molecule has 4 N–H and O–H groups in total. The molecule has 8 heteroatoms. The van der Waals surface area contributed by atoms with Gasteiger partial charge in [-0.25, -0.2) is 4.79 Å². The number of hydrogen-bond acceptors (Lipinski definition) is 4. The van der Waals surface area contributed by atoms with Crippen molar-refractivity contribution < 1.29 is 15.1 Å².